The standard InChI is InChI=1S/C20H24NO.3C4H9.Sn/c1-16(22)20(19-10-6-3-7-11-19)21-14-12-18(13-15-21)17-8-4-2-5-9-17;3*1-3-4-2;/h2-6,8-11,16,18,20,22H,12-15H2,1H3;3*1,3-4H2,2H3;. The Bertz CT molecular complexity index is 822. The van der Waals surface area contributed by atoms with Gasteiger partial charge in [-0.1, -0.05) is 0 Å². The van der Waals surface area contributed by atoms with Crippen molar-refractivity contribution in [3.05, 3.63) is 65.7 Å². The van der Waals surface area contributed by atoms with E-state index < -0.39 is 18.4 Å². The monoisotopic (exact) mass is 585 g/mol. The van der Waals surface area contributed by atoms with Crippen molar-refractivity contribution < 1.29 is 5.11 Å². The van der Waals surface area contributed by atoms with Crippen LogP contribution in [0.1, 0.15) is 102 Å². The molecule has 1 aliphatic rings. The number of aliphatic hydroxyl groups excluding tert-OH is 1. The second-order valence-corrected chi connectivity index (χ2v) is 24.4. The minimum absolute atomic E-state index is 0.110. The number of piperidine rings is 1. The first kappa shape index (κ1) is 28.7. The van der Waals surface area contributed by atoms with Gasteiger partial charge in [0.1, 0.15) is 0 Å². The Morgan fingerprint density at radius 3 is 1.91 bits per heavy atom. The van der Waals surface area contributed by atoms with Gasteiger partial charge < -0.3 is 0 Å². The fraction of sp³-hybridized carbons (Fsp3) is 0.625. The molecule has 0 spiro atoms. The summed E-state index contributed by atoms with van der Waals surface area (Å²) in [7, 11) is 0. The SMILES string of the molecule is CCC[CH2][Sn]([CH2]CCC)([CH2]CCC)[c]1cccc(C(C(C)O)N2CCC(c3ccccc3)CC2)c1. The van der Waals surface area contributed by atoms with Crippen LogP contribution in [0.15, 0.2) is 54.6 Å². The second-order valence-electron chi connectivity index (χ2n) is 11.1. The van der Waals surface area contributed by atoms with Crippen molar-refractivity contribution in [2.24, 2.45) is 0 Å². The molecule has 2 unspecified atom stereocenters. The van der Waals surface area contributed by atoms with Gasteiger partial charge in [0, 0.05) is 0 Å². The Labute approximate surface area is 220 Å². The van der Waals surface area contributed by atoms with Crippen molar-refractivity contribution >= 4 is 22.0 Å². The van der Waals surface area contributed by atoms with E-state index in [1.54, 1.807) is 3.58 Å². The predicted molar refractivity (Wildman–Crippen MR) is 155 cm³/mol. The molecule has 0 aromatic heterocycles. The van der Waals surface area contributed by atoms with Crippen LogP contribution >= 0.6 is 0 Å². The summed E-state index contributed by atoms with van der Waals surface area (Å²) < 4.78 is 6.22. The van der Waals surface area contributed by atoms with Gasteiger partial charge in [0.05, 0.1) is 0 Å². The summed E-state index contributed by atoms with van der Waals surface area (Å²) >= 11 is -2.49. The summed E-state index contributed by atoms with van der Waals surface area (Å²) in [5.74, 6) is 0.648. The Morgan fingerprint density at radius 2 is 1.40 bits per heavy atom. The Hall–Kier alpha value is -0.841. The molecule has 1 fully saturated rings. The van der Waals surface area contributed by atoms with Gasteiger partial charge >= 0.3 is 221 Å². The normalized spacial score (nSPS) is 17.4. The number of benzene rings is 2. The summed E-state index contributed by atoms with van der Waals surface area (Å²) in [5, 5.41) is 11.0. The van der Waals surface area contributed by atoms with Crippen molar-refractivity contribution in [2.45, 2.75) is 110 Å². The summed E-state index contributed by atoms with van der Waals surface area (Å²) in [5.41, 5.74) is 2.84. The number of hydrogen-bond donors (Lipinski definition) is 1. The first-order valence-electron chi connectivity index (χ1n) is 14.6. The van der Waals surface area contributed by atoms with Crippen molar-refractivity contribution in [2.75, 3.05) is 13.1 Å². The molecule has 35 heavy (non-hydrogen) atoms. The molecule has 0 saturated carbocycles. The molecule has 2 nitrogen and oxygen atoms in total. The van der Waals surface area contributed by atoms with E-state index in [1.807, 2.05) is 6.92 Å². The molecule has 0 bridgehead atoms. The van der Waals surface area contributed by atoms with E-state index in [2.05, 4.69) is 80.3 Å². The Balaban J connectivity index is 1.85. The van der Waals surface area contributed by atoms with Gasteiger partial charge in [-0.3, -0.25) is 0 Å². The van der Waals surface area contributed by atoms with Gasteiger partial charge in [0.2, 0.25) is 0 Å². The fourth-order valence-corrected chi connectivity index (χ4v) is 22.5. The molecule has 1 N–H and O–H groups in total. The third-order valence-electron chi connectivity index (χ3n) is 8.52. The van der Waals surface area contributed by atoms with Crippen molar-refractivity contribution in [3.63, 3.8) is 0 Å². The molecule has 3 rings (SSSR count). The van der Waals surface area contributed by atoms with Crippen LogP contribution in [-0.4, -0.2) is 47.6 Å². The van der Waals surface area contributed by atoms with Crippen molar-refractivity contribution in [1.82, 2.24) is 4.90 Å². The average molecular weight is 584 g/mol. The molecule has 0 amide bonds. The zero-order chi connectivity index (χ0) is 25.1. The first-order valence-corrected chi connectivity index (χ1v) is 22.1. The molecule has 0 radical (unpaired) electrons. The van der Waals surface area contributed by atoms with Gasteiger partial charge in [-0.15, -0.1) is 0 Å². The number of aliphatic hydroxyl groups is 1. The van der Waals surface area contributed by atoms with Gasteiger partial charge in [-0.2, -0.15) is 0 Å². The average Bonchev–Trinajstić information content (AvgIpc) is 2.89. The summed E-state index contributed by atoms with van der Waals surface area (Å²) in [6.45, 7) is 11.2. The fourth-order valence-electron chi connectivity index (χ4n) is 6.44. The molecule has 0 aliphatic carbocycles. The molecule has 2 aromatic carbocycles. The molecule has 1 saturated heterocycles. The van der Waals surface area contributed by atoms with Gasteiger partial charge in [-0.25, -0.2) is 0 Å². The van der Waals surface area contributed by atoms with E-state index >= 15 is 0 Å². The molecule has 1 heterocycles. The zero-order valence-corrected chi connectivity index (χ0v) is 25.9. The second kappa shape index (κ2) is 14.8. The topological polar surface area (TPSA) is 23.5 Å². The van der Waals surface area contributed by atoms with Crippen molar-refractivity contribution in [1.29, 1.82) is 0 Å². The van der Waals surface area contributed by atoms with Crippen LogP contribution in [0.25, 0.3) is 0 Å². The molecular formula is C32H51NOSn. The van der Waals surface area contributed by atoms with E-state index in [4.69, 9.17) is 0 Å². The van der Waals surface area contributed by atoms with Gasteiger partial charge in [-0.05, 0) is 0 Å². The van der Waals surface area contributed by atoms with Gasteiger partial charge in [0.25, 0.3) is 0 Å². The van der Waals surface area contributed by atoms with E-state index in [9.17, 15) is 5.11 Å². The molecular weight excluding hydrogens is 533 g/mol. The van der Waals surface area contributed by atoms with Crippen molar-refractivity contribution in [3.8, 4) is 0 Å². The molecule has 1 aliphatic heterocycles. The number of unbranched alkanes of at least 4 members (excludes halogenated alkanes) is 3. The van der Waals surface area contributed by atoms with Crippen LogP contribution in [0.4, 0.5) is 0 Å². The third-order valence-corrected chi connectivity index (χ3v) is 24.1. The molecule has 3 heteroatoms. The maximum atomic E-state index is 11.0. The zero-order valence-electron chi connectivity index (χ0n) is 23.0. The molecule has 2 aromatic rings. The van der Waals surface area contributed by atoms with E-state index in [1.165, 1.54) is 75.8 Å². The Kier molecular flexibility index (Phi) is 12.1. The first-order chi connectivity index (χ1) is 17.0. The summed E-state index contributed by atoms with van der Waals surface area (Å²) in [6.07, 6.45) is 10.1. The quantitative estimate of drug-likeness (QED) is 0.227. The van der Waals surface area contributed by atoms with Crippen LogP contribution in [-0.2, 0) is 0 Å². The van der Waals surface area contributed by atoms with E-state index in [0.29, 0.717) is 5.92 Å². The minimum atomic E-state index is -2.49. The van der Waals surface area contributed by atoms with Crippen LogP contribution in [0, 0.1) is 0 Å². The Morgan fingerprint density at radius 1 is 0.829 bits per heavy atom. The van der Waals surface area contributed by atoms with E-state index in [0.717, 1.165) is 13.1 Å². The summed E-state index contributed by atoms with van der Waals surface area (Å²) in [6, 6.07) is 20.8. The van der Waals surface area contributed by atoms with Gasteiger partial charge in [0.15, 0.2) is 0 Å². The summed E-state index contributed by atoms with van der Waals surface area (Å²) in [4.78, 5) is 2.57. The van der Waals surface area contributed by atoms with Crippen LogP contribution < -0.4 is 3.58 Å². The predicted octanol–water partition coefficient (Wildman–Crippen LogP) is 8.04. The molecule has 194 valence electrons. The number of rotatable bonds is 14. The van der Waals surface area contributed by atoms with Crippen LogP contribution in [0.5, 0.6) is 0 Å². The molecule has 2 atom stereocenters. The van der Waals surface area contributed by atoms with Crippen LogP contribution in [0.3, 0.4) is 0 Å². The van der Waals surface area contributed by atoms with Crippen LogP contribution in [0.2, 0.25) is 13.3 Å². The maximum absolute atomic E-state index is 11.0. The number of likely N-dealkylation sites (tertiary alicyclic amines) is 1. The number of nitrogens with zero attached hydrogens (tertiary/aromatic N) is 1. The number of hydrogen-bond acceptors (Lipinski definition) is 2. The van der Waals surface area contributed by atoms with E-state index in [-0.39, 0.29) is 12.1 Å². The third kappa shape index (κ3) is 7.82.